The Morgan fingerprint density at radius 1 is 1.39 bits per heavy atom. The molecule has 0 bridgehead atoms. The predicted molar refractivity (Wildman–Crippen MR) is 87.9 cm³/mol. The summed E-state index contributed by atoms with van der Waals surface area (Å²) in [5.41, 5.74) is 0. The molecule has 23 heavy (non-hydrogen) atoms. The Hall–Kier alpha value is -1.40. The summed E-state index contributed by atoms with van der Waals surface area (Å²) in [5, 5.41) is 0. The first kappa shape index (κ1) is 16.5. The second-order valence-electron chi connectivity index (χ2n) is 6.85. The second-order valence-corrected chi connectivity index (χ2v) is 6.85. The molecule has 2 fully saturated rings. The minimum absolute atomic E-state index is 0.186. The van der Waals surface area contributed by atoms with Gasteiger partial charge in [-0.1, -0.05) is 0 Å². The third-order valence-electron chi connectivity index (χ3n) is 5.18. The van der Waals surface area contributed by atoms with E-state index < -0.39 is 0 Å². The number of ether oxygens (including phenoxy) is 1. The number of piperazine rings is 1. The number of nitrogens with zero attached hydrogens (tertiary/aromatic N) is 4. The van der Waals surface area contributed by atoms with Gasteiger partial charge in [0.15, 0.2) is 0 Å². The van der Waals surface area contributed by atoms with Crippen LogP contribution < -0.4 is 0 Å². The zero-order chi connectivity index (χ0) is 16.2. The van der Waals surface area contributed by atoms with Crippen LogP contribution in [0.25, 0.3) is 0 Å². The van der Waals surface area contributed by atoms with E-state index in [9.17, 15) is 4.79 Å². The molecule has 0 aliphatic carbocycles. The van der Waals surface area contributed by atoms with E-state index in [1.54, 1.807) is 0 Å². The lowest BCUT2D eigenvalue weighted by Crippen LogP contribution is -2.49. The van der Waals surface area contributed by atoms with Gasteiger partial charge in [0.2, 0.25) is 5.91 Å². The Morgan fingerprint density at radius 3 is 2.96 bits per heavy atom. The number of likely N-dealkylation sites (N-methyl/N-ethyl adjacent to an activating group) is 1. The number of amides is 1. The zero-order valence-corrected chi connectivity index (χ0v) is 14.3. The molecular weight excluding hydrogens is 292 g/mol. The van der Waals surface area contributed by atoms with Crippen molar-refractivity contribution in [1.82, 2.24) is 19.4 Å². The van der Waals surface area contributed by atoms with Crippen LogP contribution in [0.1, 0.15) is 37.5 Å². The molecule has 1 aromatic rings. The minimum Gasteiger partial charge on any atom is -0.381 e. The average molecular weight is 320 g/mol. The Kier molecular flexibility index (Phi) is 5.33. The van der Waals surface area contributed by atoms with Crippen LogP contribution in [0.3, 0.4) is 0 Å². The minimum atomic E-state index is 0.186. The van der Waals surface area contributed by atoms with Gasteiger partial charge in [-0.15, -0.1) is 0 Å². The number of aromatic nitrogens is 2. The van der Waals surface area contributed by atoms with Crippen LogP contribution >= 0.6 is 0 Å². The van der Waals surface area contributed by atoms with Gasteiger partial charge in [-0.2, -0.15) is 0 Å². The highest BCUT2D eigenvalue weighted by Crippen LogP contribution is 2.24. The maximum absolute atomic E-state index is 12.6. The summed E-state index contributed by atoms with van der Waals surface area (Å²) in [6.45, 7) is 4.16. The van der Waals surface area contributed by atoms with E-state index >= 15 is 0 Å². The molecule has 0 aromatic carbocycles. The topological polar surface area (TPSA) is 50.6 Å². The van der Waals surface area contributed by atoms with Crippen LogP contribution in [0.4, 0.5) is 0 Å². The maximum Gasteiger partial charge on any atom is 0.222 e. The fourth-order valence-corrected chi connectivity index (χ4v) is 3.60. The van der Waals surface area contributed by atoms with Gasteiger partial charge in [0.1, 0.15) is 5.82 Å². The number of imidazole rings is 1. The van der Waals surface area contributed by atoms with Crippen LogP contribution in [0, 0.1) is 5.92 Å². The lowest BCUT2D eigenvalue weighted by Gasteiger charge is -2.39. The van der Waals surface area contributed by atoms with Crippen molar-refractivity contribution in [2.45, 2.75) is 31.7 Å². The monoisotopic (exact) mass is 320 g/mol. The van der Waals surface area contributed by atoms with Gasteiger partial charge in [0.05, 0.1) is 6.04 Å². The maximum atomic E-state index is 12.6. The van der Waals surface area contributed by atoms with Crippen molar-refractivity contribution in [3.63, 3.8) is 0 Å². The zero-order valence-electron chi connectivity index (χ0n) is 14.3. The van der Waals surface area contributed by atoms with Gasteiger partial charge in [0, 0.05) is 58.7 Å². The van der Waals surface area contributed by atoms with E-state index in [2.05, 4.69) is 21.5 Å². The first-order valence-corrected chi connectivity index (χ1v) is 8.68. The highest BCUT2D eigenvalue weighted by Gasteiger charge is 2.30. The number of carbonyl (C=O) groups is 1. The van der Waals surface area contributed by atoms with E-state index in [0.29, 0.717) is 12.3 Å². The lowest BCUT2D eigenvalue weighted by molar-refractivity contribution is -0.134. The molecule has 0 N–H and O–H groups in total. The van der Waals surface area contributed by atoms with Gasteiger partial charge in [-0.05, 0) is 32.2 Å². The lowest BCUT2D eigenvalue weighted by atomic mass is 9.96. The normalized spacial score (nSPS) is 26.4. The first-order chi connectivity index (χ1) is 11.1. The molecule has 1 aromatic heterocycles. The van der Waals surface area contributed by atoms with Crippen LogP contribution in [0.2, 0.25) is 0 Å². The molecular formula is C17H28N4O2. The van der Waals surface area contributed by atoms with Crippen molar-refractivity contribution in [3.8, 4) is 0 Å². The van der Waals surface area contributed by atoms with Crippen LogP contribution in [0.15, 0.2) is 12.4 Å². The molecule has 2 saturated heterocycles. The largest absolute Gasteiger partial charge is 0.381 e. The van der Waals surface area contributed by atoms with Crippen molar-refractivity contribution in [2.75, 3.05) is 39.9 Å². The van der Waals surface area contributed by atoms with E-state index in [-0.39, 0.29) is 11.9 Å². The Balaban J connectivity index is 1.55. The molecule has 0 radical (unpaired) electrons. The molecule has 128 valence electrons. The van der Waals surface area contributed by atoms with Gasteiger partial charge in [-0.25, -0.2) is 4.98 Å². The molecule has 6 nitrogen and oxygen atoms in total. The number of hydrogen-bond acceptors (Lipinski definition) is 4. The average Bonchev–Trinajstić information content (AvgIpc) is 3.00. The van der Waals surface area contributed by atoms with Crippen LogP contribution in [-0.4, -0.2) is 65.2 Å². The third kappa shape index (κ3) is 3.93. The molecule has 2 atom stereocenters. The summed E-state index contributed by atoms with van der Waals surface area (Å²) in [6, 6.07) is 0.186. The molecule has 1 amide bonds. The highest BCUT2D eigenvalue weighted by atomic mass is 16.5. The van der Waals surface area contributed by atoms with Crippen LogP contribution in [-0.2, 0) is 16.6 Å². The quantitative estimate of drug-likeness (QED) is 0.842. The molecule has 6 heteroatoms. The molecule has 0 spiro atoms. The van der Waals surface area contributed by atoms with Gasteiger partial charge < -0.3 is 14.2 Å². The predicted octanol–water partition coefficient (Wildman–Crippen LogP) is 1.44. The fourth-order valence-electron chi connectivity index (χ4n) is 3.60. The highest BCUT2D eigenvalue weighted by molar-refractivity contribution is 5.76. The van der Waals surface area contributed by atoms with E-state index in [1.807, 2.05) is 24.3 Å². The first-order valence-electron chi connectivity index (χ1n) is 8.68. The molecule has 0 saturated carbocycles. The van der Waals surface area contributed by atoms with Crippen LogP contribution in [0.5, 0.6) is 0 Å². The molecule has 2 aliphatic heterocycles. The standard InChI is InChI=1S/C17H28N4O2/c1-19-9-10-21(12-15(19)17-18-7-8-20(17)2)16(22)6-5-14-4-3-11-23-13-14/h7-8,14-15H,3-6,9-13H2,1-2H3/t14-,15-/m1/s1. The summed E-state index contributed by atoms with van der Waals surface area (Å²) < 4.78 is 7.56. The van der Waals surface area contributed by atoms with Gasteiger partial charge in [0.25, 0.3) is 0 Å². The molecule has 3 rings (SSSR count). The van der Waals surface area contributed by atoms with Crippen molar-refractivity contribution >= 4 is 5.91 Å². The summed E-state index contributed by atoms with van der Waals surface area (Å²) >= 11 is 0. The van der Waals surface area contributed by atoms with Crippen molar-refractivity contribution in [3.05, 3.63) is 18.2 Å². The SMILES string of the molecule is CN1CCN(C(=O)CC[C@H]2CCCOC2)C[C@@H]1c1nccn1C. The summed E-state index contributed by atoms with van der Waals surface area (Å²) in [6.07, 6.45) is 7.73. The van der Waals surface area contributed by atoms with E-state index in [0.717, 1.165) is 51.5 Å². The molecule has 0 unspecified atom stereocenters. The number of rotatable bonds is 4. The van der Waals surface area contributed by atoms with E-state index in [4.69, 9.17) is 4.74 Å². The summed E-state index contributed by atoms with van der Waals surface area (Å²) in [4.78, 5) is 21.4. The Labute approximate surface area is 138 Å². The van der Waals surface area contributed by atoms with Crippen molar-refractivity contribution in [1.29, 1.82) is 0 Å². The van der Waals surface area contributed by atoms with Gasteiger partial charge in [-0.3, -0.25) is 9.69 Å². The fraction of sp³-hybridized carbons (Fsp3) is 0.765. The smallest absolute Gasteiger partial charge is 0.222 e. The second kappa shape index (κ2) is 7.45. The third-order valence-corrected chi connectivity index (χ3v) is 5.18. The van der Waals surface area contributed by atoms with Crippen molar-refractivity contribution in [2.24, 2.45) is 13.0 Å². The molecule has 2 aliphatic rings. The Morgan fingerprint density at radius 2 is 2.26 bits per heavy atom. The van der Waals surface area contributed by atoms with E-state index in [1.165, 1.54) is 6.42 Å². The number of carbonyl (C=O) groups excluding carboxylic acids is 1. The number of aryl methyl sites for hydroxylation is 1. The summed E-state index contributed by atoms with van der Waals surface area (Å²) in [5.74, 6) is 1.87. The van der Waals surface area contributed by atoms with Gasteiger partial charge >= 0.3 is 0 Å². The molecule has 3 heterocycles. The summed E-state index contributed by atoms with van der Waals surface area (Å²) in [7, 11) is 4.13. The van der Waals surface area contributed by atoms with Crippen molar-refractivity contribution < 1.29 is 9.53 Å². The Bertz CT molecular complexity index is 524. The number of hydrogen-bond donors (Lipinski definition) is 0.